The normalized spacial score (nSPS) is 11.8. The quantitative estimate of drug-likeness (QED) is 0.561. The lowest BCUT2D eigenvalue weighted by atomic mass is 10.2. The van der Waals surface area contributed by atoms with Crippen LogP contribution in [0.1, 0.15) is 16.8 Å². The van der Waals surface area contributed by atoms with Crippen LogP contribution in [0.2, 0.25) is 0 Å². The highest BCUT2D eigenvalue weighted by molar-refractivity contribution is 7.91. The van der Waals surface area contributed by atoms with Gasteiger partial charge in [-0.15, -0.1) is 0 Å². The van der Waals surface area contributed by atoms with Gasteiger partial charge in [0.25, 0.3) is 0 Å². The van der Waals surface area contributed by atoms with Crippen LogP contribution in [0.4, 0.5) is 0 Å². The largest absolute Gasteiger partial charge is 0.611 e. The molecule has 24 heavy (non-hydrogen) atoms. The highest BCUT2D eigenvalue weighted by atomic mass is 32.2. The van der Waals surface area contributed by atoms with Crippen molar-refractivity contribution < 1.29 is 29.0 Å². The molecule has 0 saturated carbocycles. The van der Waals surface area contributed by atoms with Gasteiger partial charge in [0.1, 0.15) is 28.6 Å². The topological polar surface area (TPSA) is 99.0 Å². The molecule has 0 aliphatic carbocycles. The summed E-state index contributed by atoms with van der Waals surface area (Å²) in [7, 11) is 1.57. The Hall–Kier alpha value is -2.38. The van der Waals surface area contributed by atoms with Gasteiger partial charge >= 0.3 is 5.97 Å². The van der Waals surface area contributed by atoms with E-state index in [-0.39, 0.29) is 11.3 Å². The van der Waals surface area contributed by atoms with Crippen molar-refractivity contribution in [1.29, 1.82) is 0 Å². The molecule has 2 aromatic carbocycles. The van der Waals surface area contributed by atoms with Crippen LogP contribution in [-0.2, 0) is 11.2 Å². The minimum absolute atomic E-state index is 0.214. The first-order valence-electron chi connectivity index (χ1n) is 7.23. The Morgan fingerprint density at radius 1 is 1.17 bits per heavy atom. The van der Waals surface area contributed by atoms with Crippen molar-refractivity contribution in [3.63, 3.8) is 0 Å². The fourth-order valence-electron chi connectivity index (χ4n) is 2.00. The van der Waals surface area contributed by atoms with Crippen molar-refractivity contribution in [3.8, 4) is 17.2 Å². The maximum absolute atomic E-state index is 12.1. The summed E-state index contributed by atoms with van der Waals surface area (Å²) in [6, 6.07) is 11.1. The van der Waals surface area contributed by atoms with E-state index in [0.717, 1.165) is 0 Å². The Morgan fingerprint density at radius 2 is 1.83 bits per heavy atom. The minimum Gasteiger partial charge on any atom is -0.611 e. The molecule has 2 N–H and O–H groups in total. The van der Waals surface area contributed by atoms with Gasteiger partial charge in [-0.2, -0.15) is 0 Å². The molecule has 0 fully saturated rings. The number of ether oxygens (including phenoxy) is 2. The SMILES string of the molecule is COc1ccc([S+]([O-])CCCOc2ccc(O)c(C(=O)O)c2)cc1. The summed E-state index contributed by atoms with van der Waals surface area (Å²) in [6.45, 7) is 0.297. The highest BCUT2D eigenvalue weighted by Gasteiger charge is 2.12. The van der Waals surface area contributed by atoms with Gasteiger partial charge in [0.15, 0.2) is 4.90 Å². The number of aromatic hydroxyl groups is 1. The van der Waals surface area contributed by atoms with E-state index in [4.69, 9.17) is 14.6 Å². The number of hydrogen-bond donors (Lipinski definition) is 2. The summed E-state index contributed by atoms with van der Waals surface area (Å²) >= 11 is -1.14. The van der Waals surface area contributed by atoms with Gasteiger partial charge in [0, 0.05) is 6.42 Å². The second kappa shape index (κ2) is 8.47. The van der Waals surface area contributed by atoms with Gasteiger partial charge in [-0.3, -0.25) is 0 Å². The number of aromatic carboxylic acids is 1. The molecule has 7 heteroatoms. The van der Waals surface area contributed by atoms with E-state index in [2.05, 4.69) is 0 Å². The van der Waals surface area contributed by atoms with Gasteiger partial charge in [-0.05, 0) is 53.6 Å². The van der Waals surface area contributed by atoms with Crippen LogP contribution in [0.5, 0.6) is 17.2 Å². The number of hydrogen-bond acceptors (Lipinski definition) is 5. The van der Waals surface area contributed by atoms with Crippen molar-refractivity contribution in [3.05, 3.63) is 48.0 Å². The Labute approximate surface area is 142 Å². The van der Waals surface area contributed by atoms with Gasteiger partial charge in [0.2, 0.25) is 0 Å². The third-order valence-corrected chi connectivity index (χ3v) is 4.72. The van der Waals surface area contributed by atoms with E-state index in [1.54, 1.807) is 31.4 Å². The molecule has 0 radical (unpaired) electrons. The van der Waals surface area contributed by atoms with Gasteiger partial charge in [0.05, 0.1) is 13.7 Å². The van der Waals surface area contributed by atoms with Gasteiger partial charge in [-0.1, -0.05) is 0 Å². The van der Waals surface area contributed by atoms with Crippen molar-refractivity contribution >= 4 is 17.1 Å². The molecule has 6 nitrogen and oxygen atoms in total. The Bertz CT molecular complexity index is 686. The summed E-state index contributed by atoms with van der Waals surface area (Å²) in [5.41, 5.74) is -0.214. The number of methoxy groups -OCH3 is 1. The first kappa shape index (κ1) is 18.0. The zero-order valence-corrected chi connectivity index (χ0v) is 13.9. The number of carboxylic acid groups (broad SMARTS) is 1. The van der Waals surface area contributed by atoms with E-state index in [1.807, 2.05) is 0 Å². The van der Waals surface area contributed by atoms with Crippen molar-refractivity contribution in [2.45, 2.75) is 11.3 Å². The second-order valence-corrected chi connectivity index (χ2v) is 6.48. The third kappa shape index (κ3) is 4.81. The molecular weight excluding hydrogens is 332 g/mol. The van der Waals surface area contributed by atoms with Gasteiger partial charge < -0.3 is 24.2 Å². The molecule has 0 aliphatic heterocycles. The molecule has 0 aliphatic rings. The average Bonchev–Trinajstić information content (AvgIpc) is 2.59. The zero-order chi connectivity index (χ0) is 17.5. The van der Waals surface area contributed by atoms with Crippen molar-refractivity contribution in [2.75, 3.05) is 19.5 Å². The fraction of sp³-hybridized carbons (Fsp3) is 0.235. The Balaban J connectivity index is 1.81. The molecule has 0 heterocycles. The second-order valence-electron chi connectivity index (χ2n) is 4.91. The lowest BCUT2D eigenvalue weighted by Crippen LogP contribution is -2.10. The van der Waals surface area contributed by atoms with E-state index >= 15 is 0 Å². The molecule has 2 aromatic rings. The molecule has 1 atom stereocenters. The standard InChI is InChI=1S/C17H18O6S/c1-22-12-3-6-14(7-4-12)24(21)10-2-9-23-13-5-8-16(18)15(11-13)17(19)20/h3-8,11,18H,2,9-10H2,1H3,(H,19,20). The summed E-state index contributed by atoms with van der Waals surface area (Å²) < 4.78 is 22.6. The monoisotopic (exact) mass is 350 g/mol. The molecular formula is C17H18O6S. The minimum atomic E-state index is -1.22. The predicted molar refractivity (Wildman–Crippen MR) is 89.4 cm³/mol. The molecule has 0 amide bonds. The van der Waals surface area contributed by atoms with Crippen LogP contribution < -0.4 is 9.47 Å². The Morgan fingerprint density at radius 3 is 2.46 bits per heavy atom. The first-order chi connectivity index (χ1) is 11.5. The molecule has 1 unspecified atom stereocenters. The molecule has 0 saturated heterocycles. The lowest BCUT2D eigenvalue weighted by molar-refractivity contribution is 0.0693. The average molecular weight is 350 g/mol. The van der Waals surface area contributed by atoms with Crippen molar-refractivity contribution in [2.24, 2.45) is 0 Å². The first-order valence-corrected chi connectivity index (χ1v) is 8.54. The third-order valence-electron chi connectivity index (χ3n) is 3.26. The maximum Gasteiger partial charge on any atom is 0.339 e. The van der Waals surface area contributed by atoms with E-state index in [1.165, 1.54) is 18.2 Å². The van der Waals surface area contributed by atoms with E-state index < -0.39 is 17.1 Å². The summed E-state index contributed by atoms with van der Waals surface area (Å²) in [5, 5.41) is 18.4. The predicted octanol–water partition coefficient (Wildman–Crippen LogP) is 2.68. The highest BCUT2D eigenvalue weighted by Crippen LogP contribution is 2.23. The summed E-state index contributed by atoms with van der Waals surface area (Å²) in [6.07, 6.45) is 0.544. The summed E-state index contributed by atoms with van der Waals surface area (Å²) in [4.78, 5) is 11.6. The van der Waals surface area contributed by atoms with Crippen LogP contribution in [-0.4, -0.2) is 40.2 Å². The smallest absolute Gasteiger partial charge is 0.339 e. The van der Waals surface area contributed by atoms with Crippen LogP contribution in [0.15, 0.2) is 47.4 Å². The van der Waals surface area contributed by atoms with Crippen LogP contribution in [0, 0.1) is 0 Å². The number of benzene rings is 2. The number of carboxylic acids is 1. The number of phenols is 1. The Kier molecular flexibility index (Phi) is 6.34. The lowest BCUT2D eigenvalue weighted by Gasteiger charge is -2.12. The number of rotatable bonds is 8. The molecule has 0 bridgehead atoms. The van der Waals surface area contributed by atoms with E-state index in [0.29, 0.717) is 35.2 Å². The summed E-state index contributed by atoms with van der Waals surface area (Å²) in [5.74, 6) is -0.0500. The van der Waals surface area contributed by atoms with Crippen LogP contribution in [0.25, 0.3) is 0 Å². The molecule has 0 aromatic heterocycles. The zero-order valence-electron chi connectivity index (χ0n) is 13.1. The van der Waals surface area contributed by atoms with Crippen LogP contribution in [0.3, 0.4) is 0 Å². The molecule has 128 valence electrons. The van der Waals surface area contributed by atoms with Gasteiger partial charge in [-0.25, -0.2) is 4.79 Å². The molecule has 2 rings (SSSR count). The van der Waals surface area contributed by atoms with Crippen LogP contribution >= 0.6 is 0 Å². The number of carbonyl (C=O) groups is 1. The molecule has 0 spiro atoms. The van der Waals surface area contributed by atoms with Crippen molar-refractivity contribution in [1.82, 2.24) is 0 Å². The van der Waals surface area contributed by atoms with E-state index in [9.17, 15) is 14.5 Å². The maximum atomic E-state index is 12.1. The fourth-order valence-corrected chi connectivity index (χ4v) is 3.06.